The molecular formula is C18H36N2. The monoisotopic (exact) mass is 280 g/mol. The molecule has 0 aromatic carbocycles. The molecule has 2 nitrogen and oxygen atoms in total. The molecule has 1 aliphatic carbocycles. The minimum Gasteiger partial charge on any atom is -0.387 e. The summed E-state index contributed by atoms with van der Waals surface area (Å²) in [6.07, 6.45) is 7.26. The van der Waals surface area contributed by atoms with Gasteiger partial charge in [0.15, 0.2) is 0 Å². The van der Waals surface area contributed by atoms with E-state index in [1.807, 2.05) is 0 Å². The third-order valence-electron chi connectivity index (χ3n) is 4.76. The number of nitrogens with two attached hydrogens (primary N) is 1. The summed E-state index contributed by atoms with van der Waals surface area (Å²) in [6, 6.07) is 0. The van der Waals surface area contributed by atoms with Gasteiger partial charge < -0.3 is 5.73 Å². The molecule has 0 heterocycles. The van der Waals surface area contributed by atoms with Crippen LogP contribution in [0.4, 0.5) is 0 Å². The van der Waals surface area contributed by atoms with Gasteiger partial charge in [0.2, 0.25) is 0 Å². The van der Waals surface area contributed by atoms with E-state index in [4.69, 9.17) is 10.7 Å². The fraction of sp³-hybridized carbons (Fsp3) is 0.944. The van der Waals surface area contributed by atoms with E-state index in [2.05, 4.69) is 41.5 Å². The first-order chi connectivity index (χ1) is 9.25. The SMILES string of the molecule is CC(C)CC(C)CC(N)=NC1(C(C)CC(C)C)CCC1. The highest BCUT2D eigenvalue weighted by atomic mass is 15.0. The van der Waals surface area contributed by atoms with Crippen molar-refractivity contribution in [2.75, 3.05) is 0 Å². The van der Waals surface area contributed by atoms with E-state index in [1.54, 1.807) is 0 Å². The Morgan fingerprint density at radius 2 is 1.55 bits per heavy atom. The van der Waals surface area contributed by atoms with Crippen LogP contribution in [0.15, 0.2) is 4.99 Å². The molecule has 20 heavy (non-hydrogen) atoms. The summed E-state index contributed by atoms with van der Waals surface area (Å²) in [5.41, 5.74) is 6.44. The summed E-state index contributed by atoms with van der Waals surface area (Å²) in [7, 11) is 0. The lowest BCUT2D eigenvalue weighted by atomic mass is 9.67. The summed E-state index contributed by atoms with van der Waals surface area (Å²) in [6.45, 7) is 13.8. The number of nitrogens with zero attached hydrogens (tertiary/aromatic N) is 1. The Morgan fingerprint density at radius 3 is 1.95 bits per heavy atom. The summed E-state index contributed by atoms with van der Waals surface area (Å²) in [5.74, 6) is 3.70. The van der Waals surface area contributed by atoms with Crippen LogP contribution >= 0.6 is 0 Å². The highest BCUT2D eigenvalue weighted by Crippen LogP contribution is 2.44. The van der Waals surface area contributed by atoms with Crippen molar-refractivity contribution in [2.45, 2.75) is 85.6 Å². The zero-order chi connectivity index (χ0) is 15.3. The molecule has 0 aromatic heterocycles. The smallest absolute Gasteiger partial charge is 0.0946 e. The average Bonchev–Trinajstić information content (AvgIpc) is 2.20. The van der Waals surface area contributed by atoms with Gasteiger partial charge in [0.25, 0.3) is 0 Å². The Hall–Kier alpha value is -0.530. The molecule has 2 N–H and O–H groups in total. The molecule has 0 aromatic rings. The molecule has 1 fully saturated rings. The number of amidine groups is 1. The van der Waals surface area contributed by atoms with E-state index in [1.165, 1.54) is 32.1 Å². The molecule has 0 spiro atoms. The maximum atomic E-state index is 6.26. The number of aliphatic imine (C=N–C) groups is 1. The fourth-order valence-corrected chi connectivity index (χ4v) is 3.76. The fourth-order valence-electron chi connectivity index (χ4n) is 3.76. The summed E-state index contributed by atoms with van der Waals surface area (Å²) in [4.78, 5) is 5.01. The van der Waals surface area contributed by atoms with Gasteiger partial charge in [-0.1, -0.05) is 41.5 Å². The van der Waals surface area contributed by atoms with Gasteiger partial charge in [0, 0.05) is 6.42 Å². The molecule has 0 saturated heterocycles. The second kappa shape index (κ2) is 7.47. The van der Waals surface area contributed by atoms with Gasteiger partial charge in [-0.05, 0) is 55.8 Å². The summed E-state index contributed by atoms with van der Waals surface area (Å²) < 4.78 is 0. The Balaban J connectivity index is 2.63. The van der Waals surface area contributed by atoms with Crippen LogP contribution in [0.5, 0.6) is 0 Å². The number of hydrogen-bond acceptors (Lipinski definition) is 1. The van der Waals surface area contributed by atoms with Gasteiger partial charge in [-0.3, -0.25) is 4.99 Å². The highest BCUT2D eigenvalue weighted by molar-refractivity contribution is 5.81. The first-order valence-electron chi connectivity index (χ1n) is 8.59. The van der Waals surface area contributed by atoms with Crippen molar-refractivity contribution in [1.29, 1.82) is 0 Å². The minimum atomic E-state index is 0.173. The van der Waals surface area contributed by atoms with Gasteiger partial charge in [-0.2, -0.15) is 0 Å². The quantitative estimate of drug-likeness (QED) is 0.492. The maximum absolute atomic E-state index is 6.26. The van der Waals surface area contributed by atoms with Crippen molar-refractivity contribution < 1.29 is 0 Å². The molecule has 2 heteroatoms. The van der Waals surface area contributed by atoms with E-state index in [0.717, 1.165) is 24.1 Å². The standard InChI is InChI=1S/C18H36N2/c1-13(2)10-15(5)12-17(19)20-18(8-7-9-18)16(6)11-14(3)4/h13-16H,7-12H2,1-6H3,(H2,19,20). The largest absolute Gasteiger partial charge is 0.387 e. The lowest BCUT2D eigenvalue weighted by Crippen LogP contribution is -2.44. The van der Waals surface area contributed by atoms with Gasteiger partial charge >= 0.3 is 0 Å². The van der Waals surface area contributed by atoms with Gasteiger partial charge in [-0.15, -0.1) is 0 Å². The molecule has 1 aliphatic rings. The summed E-state index contributed by atoms with van der Waals surface area (Å²) in [5, 5.41) is 0. The van der Waals surface area contributed by atoms with E-state index in [-0.39, 0.29) is 5.54 Å². The Labute approximate surface area is 126 Å². The first kappa shape index (κ1) is 17.5. The van der Waals surface area contributed by atoms with Gasteiger partial charge in [0.1, 0.15) is 0 Å². The van der Waals surface area contributed by atoms with Crippen LogP contribution in [0, 0.1) is 23.7 Å². The Bertz CT molecular complexity index is 313. The van der Waals surface area contributed by atoms with E-state index >= 15 is 0 Å². The second-order valence-corrected chi connectivity index (χ2v) is 8.03. The average molecular weight is 281 g/mol. The Kier molecular flexibility index (Phi) is 6.54. The molecule has 118 valence electrons. The molecule has 1 saturated carbocycles. The van der Waals surface area contributed by atoms with Crippen molar-refractivity contribution in [3.05, 3.63) is 0 Å². The van der Waals surface area contributed by atoms with Crippen LogP contribution in [0.1, 0.15) is 80.1 Å². The lowest BCUT2D eigenvalue weighted by Gasteiger charge is -2.44. The molecule has 0 amide bonds. The zero-order valence-corrected chi connectivity index (χ0v) is 14.6. The van der Waals surface area contributed by atoms with Crippen molar-refractivity contribution in [1.82, 2.24) is 0 Å². The van der Waals surface area contributed by atoms with Crippen molar-refractivity contribution in [2.24, 2.45) is 34.4 Å². The molecule has 0 radical (unpaired) electrons. The second-order valence-electron chi connectivity index (χ2n) is 8.03. The zero-order valence-electron chi connectivity index (χ0n) is 14.6. The van der Waals surface area contributed by atoms with Crippen LogP contribution in [0.3, 0.4) is 0 Å². The first-order valence-corrected chi connectivity index (χ1v) is 8.59. The van der Waals surface area contributed by atoms with E-state index in [9.17, 15) is 0 Å². The third-order valence-corrected chi connectivity index (χ3v) is 4.76. The maximum Gasteiger partial charge on any atom is 0.0946 e. The van der Waals surface area contributed by atoms with Crippen LogP contribution in [-0.4, -0.2) is 11.4 Å². The Morgan fingerprint density at radius 1 is 1.00 bits per heavy atom. The van der Waals surface area contributed by atoms with Crippen LogP contribution in [0.2, 0.25) is 0 Å². The molecule has 2 atom stereocenters. The molecule has 2 unspecified atom stereocenters. The van der Waals surface area contributed by atoms with Crippen LogP contribution in [-0.2, 0) is 0 Å². The normalized spacial score (nSPS) is 21.9. The van der Waals surface area contributed by atoms with Gasteiger partial charge in [0.05, 0.1) is 11.4 Å². The van der Waals surface area contributed by atoms with Crippen molar-refractivity contribution >= 4 is 5.84 Å². The molecule has 0 aliphatic heterocycles. The molecule has 1 rings (SSSR count). The van der Waals surface area contributed by atoms with Crippen LogP contribution in [0.25, 0.3) is 0 Å². The molecular weight excluding hydrogens is 244 g/mol. The van der Waals surface area contributed by atoms with Crippen LogP contribution < -0.4 is 5.73 Å². The van der Waals surface area contributed by atoms with Crippen molar-refractivity contribution in [3.8, 4) is 0 Å². The van der Waals surface area contributed by atoms with Crippen molar-refractivity contribution in [3.63, 3.8) is 0 Å². The molecule has 0 bridgehead atoms. The van der Waals surface area contributed by atoms with E-state index in [0.29, 0.717) is 11.8 Å². The highest BCUT2D eigenvalue weighted by Gasteiger charge is 2.41. The third kappa shape index (κ3) is 5.10. The van der Waals surface area contributed by atoms with Gasteiger partial charge in [-0.25, -0.2) is 0 Å². The number of hydrogen-bond donors (Lipinski definition) is 1. The number of rotatable bonds is 8. The topological polar surface area (TPSA) is 38.4 Å². The minimum absolute atomic E-state index is 0.173. The predicted molar refractivity (Wildman–Crippen MR) is 90.1 cm³/mol. The summed E-state index contributed by atoms with van der Waals surface area (Å²) >= 11 is 0. The lowest BCUT2D eigenvalue weighted by molar-refractivity contribution is 0.148. The van der Waals surface area contributed by atoms with E-state index < -0.39 is 0 Å². The predicted octanol–water partition coefficient (Wildman–Crippen LogP) is 5.02.